The molecule has 0 aromatic heterocycles. The van der Waals surface area contributed by atoms with Crippen LogP contribution in [-0.4, -0.2) is 39.5 Å². The van der Waals surface area contributed by atoms with E-state index in [0.717, 1.165) is 17.3 Å². The number of rotatable bonds is 9. The second-order valence-electron chi connectivity index (χ2n) is 5.20. The highest BCUT2D eigenvalue weighted by Crippen LogP contribution is 2.28. The summed E-state index contributed by atoms with van der Waals surface area (Å²) in [5.74, 6) is 3.33. The van der Waals surface area contributed by atoms with E-state index in [0.29, 0.717) is 23.6 Å². The van der Waals surface area contributed by atoms with E-state index in [-0.39, 0.29) is 5.91 Å². The minimum absolute atomic E-state index is 0.198. The molecule has 1 amide bonds. The van der Waals surface area contributed by atoms with Crippen molar-refractivity contribution in [3.05, 3.63) is 53.6 Å². The van der Waals surface area contributed by atoms with Crippen LogP contribution in [-0.2, 0) is 5.75 Å². The average Bonchev–Trinajstić information content (AvgIpc) is 2.66. The Morgan fingerprint density at radius 1 is 1.00 bits per heavy atom. The van der Waals surface area contributed by atoms with E-state index in [1.165, 1.54) is 19.8 Å². The molecule has 1 N–H and O–H groups in total. The summed E-state index contributed by atoms with van der Waals surface area (Å²) >= 11 is 1.75. The largest absolute Gasteiger partial charge is 0.497 e. The fourth-order valence-electron chi connectivity index (χ4n) is 2.35. The summed E-state index contributed by atoms with van der Waals surface area (Å²) in [6.45, 7) is 0.564. The predicted octanol–water partition coefficient (Wildman–Crippen LogP) is 3.38. The van der Waals surface area contributed by atoms with Crippen molar-refractivity contribution in [2.75, 3.05) is 33.6 Å². The zero-order valence-corrected chi connectivity index (χ0v) is 15.5. The maximum Gasteiger partial charge on any atom is 0.258 e. The van der Waals surface area contributed by atoms with Gasteiger partial charge in [-0.25, -0.2) is 0 Å². The van der Waals surface area contributed by atoms with Gasteiger partial charge in [0.2, 0.25) is 0 Å². The zero-order valence-electron chi connectivity index (χ0n) is 14.7. The maximum absolute atomic E-state index is 12.4. The third-order valence-electron chi connectivity index (χ3n) is 3.59. The van der Waals surface area contributed by atoms with Gasteiger partial charge in [0.15, 0.2) is 0 Å². The van der Waals surface area contributed by atoms with Gasteiger partial charge < -0.3 is 19.5 Å². The van der Waals surface area contributed by atoms with Crippen LogP contribution in [0, 0.1) is 0 Å². The number of carbonyl (C=O) groups excluding carboxylic acids is 1. The van der Waals surface area contributed by atoms with Gasteiger partial charge in [-0.1, -0.05) is 18.2 Å². The topological polar surface area (TPSA) is 56.8 Å². The molecular weight excluding hydrogens is 338 g/mol. The molecule has 0 saturated heterocycles. The summed E-state index contributed by atoms with van der Waals surface area (Å²) in [6.07, 6.45) is 0. The lowest BCUT2D eigenvalue weighted by molar-refractivity contribution is 0.0950. The number of nitrogens with one attached hydrogen (secondary N) is 1. The van der Waals surface area contributed by atoms with E-state index in [9.17, 15) is 4.79 Å². The summed E-state index contributed by atoms with van der Waals surface area (Å²) in [6, 6.07) is 13.3. The summed E-state index contributed by atoms with van der Waals surface area (Å²) < 4.78 is 15.7. The van der Waals surface area contributed by atoms with Crippen molar-refractivity contribution in [1.82, 2.24) is 5.32 Å². The molecule has 0 saturated carbocycles. The molecule has 0 atom stereocenters. The Kier molecular flexibility index (Phi) is 7.47. The first kappa shape index (κ1) is 19.0. The van der Waals surface area contributed by atoms with E-state index in [2.05, 4.69) is 11.4 Å². The van der Waals surface area contributed by atoms with Crippen LogP contribution in [0.1, 0.15) is 15.9 Å². The van der Waals surface area contributed by atoms with Crippen LogP contribution in [0.2, 0.25) is 0 Å². The smallest absolute Gasteiger partial charge is 0.258 e. The van der Waals surface area contributed by atoms with E-state index < -0.39 is 0 Å². The van der Waals surface area contributed by atoms with Crippen LogP contribution in [0.4, 0.5) is 0 Å². The average molecular weight is 361 g/mol. The summed E-state index contributed by atoms with van der Waals surface area (Å²) in [5, 5.41) is 2.91. The number of methoxy groups -OCH3 is 3. The number of thioether (sulfide) groups is 1. The Hall–Kier alpha value is -2.34. The molecule has 0 heterocycles. The minimum Gasteiger partial charge on any atom is -0.497 e. The van der Waals surface area contributed by atoms with Crippen molar-refractivity contribution in [2.45, 2.75) is 5.75 Å². The molecule has 2 rings (SSSR count). The van der Waals surface area contributed by atoms with Crippen molar-refractivity contribution in [1.29, 1.82) is 0 Å². The zero-order chi connectivity index (χ0) is 18.1. The highest BCUT2D eigenvalue weighted by molar-refractivity contribution is 7.98. The van der Waals surface area contributed by atoms with Gasteiger partial charge in [-0.05, 0) is 29.8 Å². The first-order valence-electron chi connectivity index (χ1n) is 7.89. The van der Waals surface area contributed by atoms with Gasteiger partial charge >= 0.3 is 0 Å². The summed E-state index contributed by atoms with van der Waals surface area (Å²) in [4.78, 5) is 12.4. The van der Waals surface area contributed by atoms with Crippen LogP contribution in [0.25, 0.3) is 0 Å². The van der Waals surface area contributed by atoms with E-state index in [1.807, 2.05) is 18.2 Å². The Morgan fingerprint density at radius 2 is 1.68 bits per heavy atom. The Labute approximate surface area is 152 Å². The summed E-state index contributed by atoms with van der Waals surface area (Å²) in [7, 11) is 4.74. The molecule has 5 nitrogen and oxygen atoms in total. The van der Waals surface area contributed by atoms with Gasteiger partial charge in [0.1, 0.15) is 22.8 Å². The van der Waals surface area contributed by atoms with Crippen LogP contribution in [0.15, 0.2) is 42.5 Å². The normalized spacial score (nSPS) is 10.2. The van der Waals surface area contributed by atoms with Crippen molar-refractivity contribution in [3.63, 3.8) is 0 Å². The highest BCUT2D eigenvalue weighted by Gasteiger charge is 2.17. The first-order valence-corrected chi connectivity index (χ1v) is 9.05. The number of hydrogen-bond donors (Lipinski definition) is 1. The molecule has 0 bridgehead atoms. The van der Waals surface area contributed by atoms with Crippen LogP contribution in [0.3, 0.4) is 0 Å². The number of benzene rings is 2. The molecule has 0 aliphatic rings. The number of ether oxygens (including phenoxy) is 3. The van der Waals surface area contributed by atoms with Crippen LogP contribution in [0.5, 0.6) is 17.2 Å². The van der Waals surface area contributed by atoms with E-state index in [4.69, 9.17) is 14.2 Å². The Morgan fingerprint density at radius 3 is 2.32 bits per heavy atom. The van der Waals surface area contributed by atoms with Gasteiger partial charge in [-0.3, -0.25) is 4.79 Å². The second-order valence-corrected chi connectivity index (χ2v) is 6.30. The molecule has 0 fully saturated rings. The number of amides is 1. The third kappa shape index (κ3) is 5.32. The fraction of sp³-hybridized carbons (Fsp3) is 0.316. The highest BCUT2D eigenvalue weighted by atomic mass is 32.2. The van der Waals surface area contributed by atoms with Crippen molar-refractivity contribution in [2.24, 2.45) is 0 Å². The van der Waals surface area contributed by atoms with Crippen LogP contribution < -0.4 is 19.5 Å². The Balaban J connectivity index is 1.83. The van der Waals surface area contributed by atoms with Gasteiger partial charge in [0, 0.05) is 18.1 Å². The molecule has 2 aromatic carbocycles. The second kappa shape index (κ2) is 9.84. The van der Waals surface area contributed by atoms with Gasteiger partial charge in [-0.2, -0.15) is 11.8 Å². The quantitative estimate of drug-likeness (QED) is 0.694. The number of hydrogen-bond acceptors (Lipinski definition) is 5. The molecule has 134 valence electrons. The summed E-state index contributed by atoms with van der Waals surface area (Å²) in [5.41, 5.74) is 1.62. The molecule has 2 aromatic rings. The molecule has 0 aliphatic carbocycles. The lowest BCUT2D eigenvalue weighted by Gasteiger charge is -2.13. The van der Waals surface area contributed by atoms with E-state index in [1.54, 1.807) is 37.1 Å². The standard InChI is InChI=1S/C19H23NO4S/c1-22-15-7-4-6-14(12-15)13-25-11-10-20-19(21)18-16(23-2)8-5-9-17(18)24-3/h4-9,12H,10-11,13H2,1-3H3,(H,20,21). The molecule has 0 spiro atoms. The molecule has 0 radical (unpaired) electrons. The van der Waals surface area contributed by atoms with E-state index >= 15 is 0 Å². The maximum atomic E-state index is 12.4. The monoisotopic (exact) mass is 361 g/mol. The van der Waals surface area contributed by atoms with Gasteiger partial charge in [0.25, 0.3) is 5.91 Å². The SMILES string of the molecule is COc1cccc(CSCCNC(=O)c2c(OC)cccc2OC)c1. The fourth-order valence-corrected chi connectivity index (χ4v) is 3.16. The van der Waals surface area contributed by atoms with Gasteiger partial charge in [-0.15, -0.1) is 0 Å². The van der Waals surface area contributed by atoms with Crippen molar-refractivity contribution >= 4 is 17.7 Å². The van der Waals surface area contributed by atoms with Crippen molar-refractivity contribution < 1.29 is 19.0 Å². The molecule has 25 heavy (non-hydrogen) atoms. The van der Waals surface area contributed by atoms with Crippen molar-refractivity contribution in [3.8, 4) is 17.2 Å². The number of carbonyl (C=O) groups is 1. The Bertz CT molecular complexity index is 683. The lowest BCUT2D eigenvalue weighted by Crippen LogP contribution is -2.26. The lowest BCUT2D eigenvalue weighted by atomic mass is 10.1. The third-order valence-corrected chi connectivity index (χ3v) is 4.62. The first-order chi connectivity index (χ1) is 12.2. The minimum atomic E-state index is -0.198. The predicted molar refractivity (Wildman–Crippen MR) is 101 cm³/mol. The molecule has 6 heteroatoms. The molecule has 0 unspecified atom stereocenters. The molecular formula is C19H23NO4S. The van der Waals surface area contributed by atoms with Crippen LogP contribution >= 0.6 is 11.8 Å². The molecule has 0 aliphatic heterocycles. The van der Waals surface area contributed by atoms with Gasteiger partial charge in [0.05, 0.1) is 21.3 Å².